The summed E-state index contributed by atoms with van der Waals surface area (Å²) in [6.07, 6.45) is -2.55. The number of benzene rings is 1. The molecule has 90 valence electrons. The largest absolute Gasteiger partial charge is 0.467 e. The fourth-order valence-electron chi connectivity index (χ4n) is 1.19. The molecule has 1 aromatic carbocycles. The zero-order valence-corrected chi connectivity index (χ0v) is 8.75. The summed E-state index contributed by atoms with van der Waals surface area (Å²) < 4.78 is 17.3. The molecule has 0 heterocycles. The lowest BCUT2D eigenvalue weighted by Gasteiger charge is -2.05. The van der Waals surface area contributed by atoms with E-state index in [1.807, 2.05) is 0 Å². The fourth-order valence-corrected chi connectivity index (χ4v) is 1.19. The minimum absolute atomic E-state index is 0.463. The van der Waals surface area contributed by atoms with Crippen LogP contribution in [0.1, 0.15) is 10.4 Å². The van der Waals surface area contributed by atoms with E-state index in [1.54, 1.807) is 0 Å². The Balaban J connectivity index is 3.12. The summed E-state index contributed by atoms with van der Waals surface area (Å²) in [4.78, 5) is 32.1. The standard InChI is InChI=1S/C10H8FNO5/c1-17-10(14)8(11)9(13)6-4-2-3-5-7(6)12(15)16/h2-5,8H,1H3. The number of nitrogens with zero attached hydrogens (tertiary/aromatic N) is 1. The molecule has 1 rings (SSSR count). The monoisotopic (exact) mass is 241 g/mol. The Morgan fingerprint density at radius 2 is 2.00 bits per heavy atom. The molecule has 0 fully saturated rings. The Morgan fingerprint density at radius 3 is 2.53 bits per heavy atom. The summed E-state index contributed by atoms with van der Waals surface area (Å²) in [6, 6.07) is 4.80. The van der Waals surface area contributed by atoms with E-state index in [9.17, 15) is 24.1 Å². The van der Waals surface area contributed by atoms with E-state index in [2.05, 4.69) is 4.74 Å². The second kappa shape index (κ2) is 5.15. The number of methoxy groups -OCH3 is 1. The predicted octanol–water partition coefficient (Wildman–Crippen LogP) is 1.29. The van der Waals surface area contributed by atoms with Crippen LogP contribution >= 0.6 is 0 Å². The van der Waals surface area contributed by atoms with Crippen molar-refractivity contribution in [1.29, 1.82) is 0 Å². The molecule has 1 atom stereocenters. The van der Waals surface area contributed by atoms with Gasteiger partial charge in [-0.25, -0.2) is 9.18 Å². The molecule has 0 aliphatic carbocycles. The lowest BCUT2D eigenvalue weighted by Crippen LogP contribution is -2.27. The van der Waals surface area contributed by atoms with E-state index in [4.69, 9.17) is 0 Å². The molecule has 0 saturated carbocycles. The van der Waals surface area contributed by atoms with Gasteiger partial charge in [-0.15, -0.1) is 0 Å². The summed E-state index contributed by atoms with van der Waals surface area (Å²) in [6.45, 7) is 0. The summed E-state index contributed by atoms with van der Waals surface area (Å²) in [5, 5.41) is 10.6. The molecule has 1 unspecified atom stereocenters. The van der Waals surface area contributed by atoms with Crippen LogP contribution in [0.3, 0.4) is 0 Å². The van der Waals surface area contributed by atoms with E-state index in [0.717, 1.165) is 19.2 Å². The third-order valence-electron chi connectivity index (χ3n) is 2.00. The van der Waals surface area contributed by atoms with Crippen molar-refractivity contribution in [3.8, 4) is 0 Å². The normalized spacial score (nSPS) is 11.6. The first-order chi connectivity index (χ1) is 7.99. The van der Waals surface area contributed by atoms with Crippen LogP contribution in [0.15, 0.2) is 24.3 Å². The van der Waals surface area contributed by atoms with Crippen LogP contribution in [0.2, 0.25) is 0 Å². The number of esters is 1. The van der Waals surface area contributed by atoms with Gasteiger partial charge in [0.05, 0.1) is 17.6 Å². The molecule has 0 bridgehead atoms. The van der Waals surface area contributed by atoms with Gasteiger partial charge in [-0.1, -0.05) is 12.1 Å². The van der Waals surface area contributed by atoms with Crippen LogP contribution < -0.4 is 0 Å². The van der Waals surface area contributed by atoms with Crippen molar-refractivity contribution in [2.24, 2.45) is 0 Å². The lowest BCUT2D eigenvalue weighted by atomic mass is 10.1. The zero-order chi connectivity index (χ0) is 13.0. The zero-order valence-electron chi connectivity index (χ0n) is 8.75. The van der Waals surface area contributed by atoms with Crippen molar-refractivity contribution in [1.82, 2.24) is 0 Å². The van der Waals surface area contributed by atoms with Crippen molar-refractivity contribution in [2.75, 3.05) is 7.11 Å². The number of nitro benzene ring substituents is 1. The predicted molar refractivity (Wildman–Crippen MR) is 54.3 cm³/mol. The Bertz CT molecular complexity index is 474. The molecule has 0 aliphatic rings. The quantitative estimate of drug-likeness (QED) is 0.260. The van der Waals surface area contributed by atoms with E-state index >= 15 is 0 Å². The number of Topliss-reactive ketones (excluding diaryl/α,β-unsaturated/α-hetero) is 1. The number of ketones is 1. The second-order valence-electron chi connectivity index (χ2n) is 3.02. The molecular formula is C10H8FNO5. The van der Waals surface area contributed by atoms with Gasteiger partial charge in [0.25, 0.3) is 11.9 Å². The Hall–Kier alpha value is -2.31. The van der Waals surface area contributed by atoms with Crippen LogP contribution in [0.5, 0.6) is 0 Å². The topological polar surface area (TPSA) is 86.5 Å². The molecule has 7 heteroatoms. The highest BCUT2D eigenvalue weighted by Gasteiger charge is 2.32. The van der Waals surface area contributed by atoms with Crippen molar-refractivity contribution >= 4 is 17.4 Å². The molecule has 0 amide bonds. The molecule has 0 aromatic heterocycles. The van der Waals surface area contributed by atoms with Gasteiger partial charge in [0.1, 0.15) is 0 Å². The van der Waals surface area contributed by atoms with Gasteiger partial charge in [-0.05, 0) is 6.07 Å². The average molecular weight is 241 g/mol. The molecule has 0 saturated heterocycles. The molecule has 6 nitrogen and oxygen atoms in total. The second-order valence-corrected chi connectivity index (χ2v) is 3.02. The average Bonchev–Trinajstić information content (AvgIpc) is 2.35. The van der Waals surface area contributed by atoms with Crippen LogP contribution in [-0.2, 0) is 9.53 Å². The van der Waals surface area contributed by atoms with Gasteiger partial charge in [0.15, 0.2) is 0 Å². The molecule has 17 heavy (non-hydrogen) atoms. The number of hydrogen-bond donors (Lipinski definition) is 0. The van der Waals surface area contributed by atoms with Crippen LogP contribution in [0, 0.1) is 10.1 Å². The lowest BCUT2D eigenvalue weighted by molar-refractivity contribution is -0.385. The Kier molecular flexibility index (Phi) is 3.86. The number of carbonyl (C=O) groups excluding carboxylic acids is 2. The Labute approximate surface area is 95.1 Å². The van der Waals surface area contributed by atoms with Crippen LogP contribution in [-0.4, -0.2) is 30.0 Å². The highest BCUT2D eigenvalue weighted by Crippen LogP contribution is 2.20. The highest BCUT2D eigenvalue weighted by atomic mass is 19.1. The van der Waals surface area contributed by atoms with Crippen molar-refractivity contribution in [3.05, 3.63) is 39.9 Å². The number of alkyl halides is 1. The molecule has 0 radical (unpaired) electrons. The first-order valence-electron chi connectivity index (χ1n) is 4.48. The molecular weight excluding hydrogens is 233 g/mol. The van der Waals surface area contributed by atoms with E-state index < -0.39 is 34.1 Å². The van der Waals surface area contributed by atoms with Gasteiger partial charge in [-0.2, -0.15) is 0 Å². The van der Waals surface area contributed by atoms with Crippen molar-refractivity contribution < 1.29 is 23.6 Å². The third kappa shape index (κ3) is 2.63. The van der Waals surface area contributed by atoms with Gasteiger partial charge in [0, 0.05) is 6.07 Å². The van der Waals surface area contributed by atoms with E-state index in [-0.39, 0.29) is 0 Å². The molecule has 0 spiro atoms. The number of para-hydroxylation sites is 1. The smallest absolute Gasteiger partial charge is 0.348 e. The third-order valence-corrected chi connectivity index (χ3v) is 2.00. The van der Waals surface area contributed by atoms with Gasteiger partial charge in [-0.3, -0.25) is 14.9 Å². The maximum atomic E-state index is 13.3. The molecule has 1 aromatic rings. The van der Waals surface area contributed by atoms with E-state index in [0.29, 0.717) is 0 Å². The maximum absolute atomic E-state index is 13.3. The minimum atomic E-state index is -2.55. The SMILES string of the molecule is COC(=O)C(F)C(=O)c1ccccc1[N+](=O)[O-]. The van der Waals surface area contributed by atoms with Gasteiger partial charge in [0.2, 0.25) is 5.78 Å². The maximum Gasteiger partial charge on any atom is 0.348 e. The number of rotatable bonds is 4. The Morgan fingerprint density at radius 1 is 1.41 bits per heavy atom. The first kappa shape index (κ1) is 12.8. The summed E-state index contributed by atoms with van der Waals surface area (Å²) in [5.74, 6) is -2.67. The number of hydrogen-bond acceptors (Lipinski definition) is 5. The minimum Gasteiger partial charge on any atom is -0.467 e. The van der Waals surface area contributed by atoms with Crippen LogP contribution in [0.25, 0.3) is 0 Å². The van der Waals surface area contributed by atoms with Crippen molar-refractivity contribution in [3.63, 3.8) is 0 Å². The number of ether oxygens (including phenoxy) is 1. The van der Waals surface area contributed by atoms with Gasteiger partial charge >= 0.3 is 5.97 Å². The molecule has 0 aliphatic heterocycles. The summed E-state index contributed by atoms with van der Waals surface area (Å²) in [7, 11) is 0.918. The highest BCUT2D eigenvalue weighted by molar-refractivity contribution is 6.12. The van der Waals surface area contributed by atoms with Gasteiger partial charge < -0.3 is 4.74 Å². The summed E-state index contributed by atoms with van der Waals surface area (Å²) >= 11 is 0. The van der Waals surface area contributed by atoms with Crippen molar-refractivity contribution in [2.45, 2.75) is 6.17 Å². The van der Waals surface area contributed by atoms with Crippen LogP contribution in [0.4, 0.5) is 10.1 Å². The fraction of sp³-hybridized carbons (Fsp3) is 0.200. The number of nitro groups is 1. The number of carbonyl (C=O) groups is 2. The summed E-state index contributed by atoms with van der Waals surface area (Å²) in [5.41, 5.74) is -1.01. The molecule has 0 N–H and O–H groups in total. The first-order valence-corrected chi connectivity index (χ1v) is 4.48. The van der Waals surface area contributed by atoms with E-state index in [1.165, 1.54) is 12.1 Å². The number of halogens is 1.